The minimum Gasteiger partial charge on any atom is -0.279 e. The summed E-state index contributed by atoms with van der Waals surface area (Å²) < 4.78 is 28.3. The van der Waals surface area contributed by atoms with Gasteiger partial charge in [-0.25, -0.2) is 8.42 Å². The number of nitrogens with one attached hydrogen (secondary N) is 1. The van der Waals surface area contributed by atoms with Crippen LogP contribution in [0.3, 0.4) is 0 Å². The maximum absolute atomic E-state index is 12.3. The van der Waals surface area contributed by atoms with Crippen molar-refractivity contribution >= 4 is 50.1 Å². The molecule has 1 N–H and O–H groups in total. The highest BCUT2D eigenvalue weighted by Gasteiger charge is 2.15. The largest absolute Gasteiger partial charge is 0.279 e. The standard InChI is InChI=1S/C14H14INO2S2/c1-10-9-11(15)3-8-14(10)16-20(17,18)13-6-4-12(19-2)5-7-13/h3-9,16H,1-2H3. The fourth-order valence-electron chi connectivity index (χ4n) is 1.70. The van der Waals surface area contributed by atoms with E-state index in [1.807, 2.05) is 25.3 Å². The van der Waals surface area contributed by atoms with Crippen LogP contribution in [0, 0.1) is 10.5 Å². The van der Waals surface area contributed by atoms with Crippen molar-refractivity contribution in [2.24, 2.45) is 0 Å². The Labute approximate surface area is 137 Å². The second kappa shape index (κ2) is 6.36. The monoisotopic (exact) mass is 419 g/mol. The number of sulfonamides is 1. The Morgan fingerprint density at radius 2 is 1.75 bits per heavy atom. The number of anilines is 1. The summed E-state index contributed by atoms with van der Waals surface area (Å²) in [6.45, 7) is 1.89. The molecule has 0 amide bonds. The number of rotatable bonds is 4. The van der Waals surface area contributed by atoms with Gasteiger partial charge in [-0.1, -0.05) is 0 Å². The van der Waals surface area contributed by atoms with Crippen LogP contribution < -0.4 is 4.72 Å². The molecule has 0 saturated heterocycles. The van der Waals surface area contributed by atoms with Gasteiger partial charge in [-0.05, 0) is 83.8 Å². The normalized spacial score (nSPS) is 11.3. The molecule has 2 aromatic carbocycles. The zero-order chi connectivity index (χ0) is 14.8. The lowest BCUT2D eigenvalue weighted by Gasteiger charge is -2.11. The number of benzene rings is 2. The van der Waals surface area contributed by atoms with Crippen molar-refractivity contribution in [3.8, 4) is 0 Å². The molecular weight excluding hydrogens is 405 g/mol. The van der Waals surface area contributed by atoms with Crippen LogP contribution in [0.4, 0.5) is 5.69 Å². The first-order chi connectivity index (χ1) is 9.42. The van der Waals surface area contributed by atoms with Gasteiger partial charge in [0.05, 0.1) is 10.6 Å². The average molecular weight is 419 g/mol. The van der Waals surface area contributed by atoms with Crippen LogP contribution in [0.2, 0.25) is 0 Å². The van der Waals surface area contributed by atoms with Crippen LogP contribution >= 0.6 is 34.4 Å². The number of thioether (sulfide) groups is 1. The third-order valence-corrected chi connectivity index (χ3v) is 5.60. The molecule has 0 bridgehead atoms. The lowest BCUT2D eigenvalue weighted by molar-refractivity contribution is 0.601. The lowest BCUT2D eigenvalue weighted by Crippen LogP contribution is -2.13. The van der Waals surface area contributed by atoms with Gasteiger partial charge in [-0.2, -0.15) is 0 Å². The Morgan fingerprint density at radius 3 is 2.30 bits per heavy atom. The summed E-state index contributed by atoms with van der Waals surface area (Å²) in [5.41, 5.74) is 1.51. The molecule has 2 aromatic rings. The fraction of sp³-hybridized carbons (Fsp3) is 0.143. The van der Waals surface area contributed by atoms with E-state index in [4.69, 9.17) is 0 Å². The first-order valence-corrected chi connectivity index (χ1v) is 9.64. The third-order valence-electron chi connectivity index (χ3n) is 2.80. The minimum atomic E-state index is -3.54. The van der Waals surface area contributed by atoms with Crippen molar-refractivity contribution in [3.63, 3.8) is 0 Å². The highest BCUT2D eigenvalue weighted by atomic mass is 127. The topological polar surface area (TPSA) is 46.2 Å². The maximum atomic E-state index is 12.3. The zero-order valence-corrected chi connectivity index (χ0v) is 14.8. The first-order valence-electron chi connectivity index (χ1n) is 5.85. The van der Waals surface area contributed by atoms with E-state index in [-0.39, 0.29) is 4.90 Å². The molecule has 20 heavy (non-hydrogen) atoms. The number of hydrogen-bond donors (Lipinski definition) is 1. The Bertz CT molecular complexity index is 712. The molecule has 0 aromatic heterocycles. The summed E-state index contributed by atoms with van der Waals surface area (Å²) in [5, 5.41) is 0. The molecule has 6 heteroatoms. The summed E-state index contributed by atoms with van der Waals surface area (Å²) in [6.07, 6.45) is 1.96. The molecule has 0 aliphatic heterocycles. The van der Waals surface area contributed by atoms with Gasteiger partial charge < -0.3 is 0 Å². The van der Waals surface area contributed by atoms with E-state index in [0.717, 1.165) is 14.0 Å². The van der Waals surface area contributed by atoms with E-state index in [1.54, 1.807) is 42.1 Å². The van der Waals surface area contributed by atoms with Crippen LogP contribution in [0.1, 0.15) is 5.56 Å². The van der Waals surface area contributed by atoms with Gasteiger partial charge in [0, 0.05) is 8.47 Å². The van der Waals surface area contributed by atoms with Crippen LogP contribution in [-0.4, -0.2) is 14.7 Å². The zero-order valence-electron chi connectivity index (χ0n) is 11.1. The number of aryl methyl sites for hydroxylation is 1. The molecule has 0 fully saturated rings. The molecule has 0 aliphatic carbocycles. The Hall–Kier alpha value is -0.730. The minimum absolute atomic E-state index is 0.272. The molecule has 0 heterocycles. The summed E-state index contributed by atoms with van der Waals surface area (Å²) in [7, 11) is -3.54. The molecule has 0 aliphatic rings. The molecule has 0 atom stereocenters. The summed E-state index contributed by atoms with van der Waals surface area (Å²) in [5.74, 6) is 0. The van der Waals surface area contributed by atoms with E-state index >= 15 is 0 Å². The van der Waals surface area contributed by atoms with Gasteiger partial charge in [0.2, 0.25) is 0 Å². The predicted octanol–water partition coefficient (Wildman–Crippen LogP) is 4.12. The second-order valence-corrected chi connectivity index (χ2v) is 8.05. The highest BCUT2D eigenvalue weighted by Crippen LogP contribution is 2.23. The SMILES string of the molecule is CSc1ccc(S(=O)(=O)Nc2ccc(I)cc2C)cc1. The summed E-state index contributed by atoms with van der Waals surface area (Å²) >= 11 is 3.78. The smallest absolute Gasteiger partial charge is 0.261 e. The van der Waals surface area contributed by atoms with E-state index in [9.17, 15) is 8.42 Å². The number of halogens is 1. The Balaban J connectivity index is 2.30. The van der Waals surface area contributed by atoms with Crippen molar-refractivity contribution in [2.75, 3.05) is 11.0 Å². The molecule has 3 nitrogen and oxygen atoms in total. The van der Waals surface area contributed by atoms with E-state index in [0.29, 0.717) is 5.69 Å². The maximum Gasteiger partial charge on any atom is 0.261 e. The molecule has 2 rings (SSSR count). The van der Waals surface area contributed by atoms with Crippen molar-refractivity contribution < 1.29 is 8.42 Å². The lowest BCUT2D eigenvalue weighted by atomic mass is 10.2. The third kappa shape index (κ3) is 3.67. The van der Waals surface area contributed by atoms with E-state index < -0.39 is 10.0 Å². The molecule has 0 saturated carbocycles. The number of hydrogen-bond acceptors (Lipinski definition) is 3. The van der Waals surface area contributed by atoms with Gasteiger partial charge in [0.25, 0.3) is 10.0 Å². The van der Waals surface area contributed by atoms with Crippen LogP contribution in [-0.2, 0) is 10.0 Å². The van der Waals surface area contributed by atoms with Gasteiger partial charge in [-0.15, -0.1) is 11.8 Å². The molecular formula is C14H14INO2S2. The molecule has 0 unspecified atom stereocenters. The van der Waals surface area contributed by atoms with Gasteiger partial charge >= 0.3 is 0 Å². The molecule has 0 radical (unpaired) electrons. The fourth-order valence-corrected chi connectivity index (χ4v) is 3.89. The van der Waals surface area contributed by atoms with E-state index in [2.05, 4.69) is 27.3 Å². The van der Waals surface area contributed by atoms with Gasteiger partial charge in [0.15, 0.2) is 0 Å². The summed E-state index contributed by atoms with van der Waals surface area (Å²) in [6, 6.07) is 12.5. The predicted molar refractivity (Wildman–Crippen MR) is 92.9 cm³/mol. The first kappa shape index (κ1) is 15.7. The van der Waals surface area contributed by atoms with E-state index in [1.165, 1.54) is 0 Å². The summed E-state index contributed by atoms with van der Waals surface area (Å²) in [4.78, 5) is 1.31. The van der Waals surface area contributed by atoms with Crippen molar-refractivity contribution in [2.45, 2.75) is 16.7 Å². The van der Waals surface area contributed by atoms with Gasteiger partial charge in [0.1, 0.15) is 0 Å². The Kier molecular flexibility index (Phi) is 4.98. The van der Waals surface area contributed by atoms with Gasteiger partial charge in [-0.3, -0.25) is 4.72 Å². The van der Waals surface area contributed by atoms with Crippen molar-refractivity contribution in [1.82, 2.24) is 0 Å². The average Bonchev–Trinajstić information content (AvgIpc) is 2.42. The van der Waals surface area contributed by atoms with Crippen molar-refractivity contribution in [1.29, 1.82) is 0 Å². The van der Waals surface area contributed by atoms with Crippen LogP contribution in [0.5, 0.6) is 0 Å². The molecule has 0 spiro atoms. The second-order valence-electron chi connectivity index (χ2n) is 4.24. The van der Waals surface area contributed by atoms with Crippen LogP contribution in [0.15, 0.2) is 52.3 Å². The molecule has 106 valence electrons. The highest BCUT2D eigenvalue weighted by molar-refractivity contribution is 14.1. The van der Waals surface area contributed by atoms with Crippen LogP contribution in [0.25, 0.3) is 0 Å². The Morgan fingerprint density at radius 1 is 1.10 bits per heavy atom. The quantitative estimate of drug-likeness (QED) is 0.599. The van der Waals surface area contributed by atoms with Crippen molar-refractivity contribution in [3.05, 3.63) is 51.6 Å².